The standard InChI is InChI=1S/C17H19N3O3/c1-22-14-4-2-3-13(9-14)10-17(21)20-7-8-23-16(12-20)15-11-18-5-6-19-15/h2-6,9,11,16H,7-8,10,12H2,1H3/t16-/m1/s1. The first-order valence-electron chi connectivity index (χ1n) is 7.54. The molecule has 6 heteroatoms. The van der Waals surface area contributed by atoms with Crippen LogP contribution in [-0.2, 0) is 16.0 Å². The fourth-order valence-electron chi connectivity index (χ4n) is 2.60. The summed E-state index contributed by atoms with van der Waals surface area (Å²) in [4.78, 5) is 22.7. The minimum Gasteiger partial charge on any atom is -0.497 e. The van der Waals surface area contributed by atoms with Crippen molar-refractivity contribution in [2.45, 2.75) is 12.5 Å². The lowest BCUT2D eigenvalue weighted by Crippen LogP contribution is -2.43. The molecule has 2 aromatic rings. The van der Waals surface area contributed by atoms with E-state index in [-0.39, 0.29) is 12.0 Å². The molecule has 1 saturated heterocycles. The Kier molecular flexibility index (Phi) is 4.83. The van der Waals surface area contributed by atoms with Gasteiger partial charge >= 0.3 is 0 Å². The summed E-state index contributed by atoms with van der Waals surface area (Å²) in [6, 6.07) is 7.58. The third kappa shape index (κ3) is 3.84. The summed E-state index contributed by atoms with van der Waals surface area (Å²) in [7, 11) is 1.62. The predicted molar refractivity (Wildman–Crippen MR) is 84.0 cm³/mol. The van der Waals surface area contributed by atoms with Gasteiger partial charge in [0.05, 0.1) is 38.6 Å². The van der Waals surface area contributed by atoms with E-state index in [1.54, 1.807) is 25.7 Å². The highest BCUT2D eigenvalue weighted by Gasteiger charge is 2.26. The lowest BCUT2D eigenvalue weighted by molar-refractivity contribution is -0.138. The van der Waals surface area contributed by atoms with Crippen LogP contribution in [0, 0.1) is 0 Å². The van der Waals surface area contributed by atoms with E-state index < -0.39 is 0 Å². The topological polar surface area (TPSA) is 64.5 Å². The van der Waals surface area contributed by atoms with Gasteiger partial charge in [-0.1, -0.05) is 12.1 Å². The molecule has 1 aromatic heterocycles. The zero-order valence-corrected chi connectivity index (χ0v) is 13.0. The van der Waals surface area contributed by atoms with Crippen LogP contribution in [0.4, 0.5) is 0 Å². The first kappa shape index (κ1) is 15.4. The number of carbonyl (C=O) groups excluding carboxylic acids is 1. The quantitative estimate of drug-likeness (QED) is 0.858. The zero-order valence-electron chi connectivity index (χ0n) is 13.0. The summed E-state index contributed by atoms with van der Waals surface area (Å²) in [5.41, 5.74) is 1.70. The zero-order chi connectivity index (χ0) is 16.1. The number of methoxy groups -OCH3 is 1. The molecule has 0 bridgehead atoms. The van der Waals surface area contributed by atoms with Gasteiger partial charge in [0.15, 0.2) is 0 Å². The Hall–Kier alpha value is -2.47. The van der Waals surface area contributed by atoms with Crippen LogP contribution in [0.3, 0.4) is 0 Å². The van der Waals surface area contributed by atoms with E-state index in [1.165, 1.54) is 0 Å². The van der Waals surface area contributed by atoms with Gasteiger partial charge in [-0.15, -0.1) is 0 Å². The van der Waals surface area contributed by atoms with E-state index in [1.807, 2.05) is 29.2 Å². The molecular weight excluding hydrogens is 294 g/mol. The van der Waals surface area contributed by atoms with E-state index in [0.29, 0.717) is 26.1 Å². The number of carbonyl (C=O) groups is 1. The minimum atomic E-state index is -0.216. The van der Waals surface area contributed by atoms with Gasteiger partial charge in [-0.3, -0.25) is 14.8 Å². The molecule has 1 amide bonds. The number of hydrogen-bond acceptors (Lipinski definition) is 5. The van der Waals surface area contributed by atoms with Crippen molar-refractivity contribution in [2.75, 3.05) is 26.8 Å². The maximum atomic E-state index is 12.5. The maximum Gasteiger partial charge on any atom is 0.227 e. The second-order valence-corrected chi connectivity index (χ2v) is 5.36. The number of morpholine rings is 1. The fourth-order valence-corrected chi connectivity index (χ4v) is 2.60. The summed E-state index contributed by atoms with van der Waals surface area (Å²) >= 11 is 0. The van der Waals surface area contributed by atoms with E-state index in [4.69, 9.17) is 9.47 Å². The third-order valence-corrected chi connectivity index (χ3v) is 3.82. The van der Waals surface area contributed by atoms with Crippen LogP contribution in [0.2, 0.25) is 0 Å². The van der Waals surface area contributed by atoms with Crippen LogP contribution < -0.4 is 4.74 Å². The largest absolute Gasteiger partial charge is 0.497 e. The predicted octanol–water partition coefficient (Wildman–Crippen LogP) is 1.63. The second-order valence-electron chi connectivity index (χ2n) is 5.36. The van der Waals surface area contributed by atoms with E-state index in [9.17, 15) is 4.79 Å². The summed E-state index contributed by atoms with van der Waals surface area (Å²) in [5, 5.41) is 0. The lowest BCUT2D eigenvalue weighted by Gasteiger charge is -2.32. The molecule has 0 radical (unpaired) electrons. The first-order chi connectivity index (χ1) is 11.3. The summed E-state index contributed by atoms with van der Waals surface area (Å²) in [6.45, 7) is 1.60. The van der Waals surface area contributed by atoms with Gasteiger partial charge in [-0.05, 0) is 17.7 Å². The number of amides is 1. The lowest BCUT2D eigenvalue weighted by atomic mass is 10.1. The maximum absolute atomic E-state index is 12.5. The first-order valence-corrected chi connectivity index (χ1v) is 7.54. The van der Waals surface area contributed by atoms with Gasteiger partial charge in [0.25, 0.3) is 0 Å². The Balaban J connectivity index is 1.65. The van der Waals surface area contributed by atoms with Crippen LogP contribution in [0.15, 0.2) is 42.9 Å². The molecule has 1 aliphatic rings. The molecule has 2 heterocycles. The van der Waals surface area contributed by atoms with Gasteiger partial charge in [0, 0.05) is 18.9 Å². The monoisotopic (exact) mass is 313 g/mol. The van der Waals surface area contributed by atoms with Crippen molar-refractivity contribution in [3.05, 3.63) is 54.1 Å². The summed E-state index contributed by atoms with van der Waals surface area (Å²) in [6.07, 6.45) is 5.07. The van der Waals surface area contributed by atoms with Crippen molar-refractivity contribution in [3.63, 3.8) is 0 Å². The van der Waals surface area contributed by atoms with Crippen molar-refractivity contribution in [1.29, 1.82) is 0 Å². The Morgan fingerprint density at radius 2 is 2.35 bits per heavy atom. The highest BCUT2D eigenvalue weighted by atomic mass is 16.5. The number of ether oxygens (including phenoxy) is 2. The van der Waals surface area contributed by atoms with Crippen LogP contribution >= 0.6 is 0 Å². The molecule has 1 atom stereocenters. The average molecular weight is 313 g/mol. The smallest absolute Gasteiger partial charge is 0.227 e. The Morgan fingerprint density at radius 1 is 1.43 bits per heavy atom. The highest BCUT2D eigenvalue weighted by molar-refractivity contribution is 5.79. The number of rotatable bonds is 4. The van der Waals surface area contributed by atoms with Crippen molar-refractivity contribution >= 4 is 5.91 Å². The van der Waals surface area contributed by atoms with Gasteiger partial charge < -0.3 is 14.4 Å². The molecule has 0 N–H and O–H groups in total. The van der Waals surface area contributed by atoms with E-state index in [2.05, 4.69) is 9.97 Å². The second kappa shape index (κ2) is 7.19. The van der Waals surface area contributed by atoms with Gasteiger partial charge in [0.2, 0.25) is 5.91 Å². The Bertz CT molecular complexity index is 663. The molecule has 23 heavy (non-hydrogen) atoms. The van der Waals surface area contributed by atoms with Crippen molar-refractivity contribution < 1.29 is 14.3 Å². The Labute approximate surface area is 135 Å². The number of aromatic nitrogens is 2. The summed E-state index contributed by atoms with van der Waals surface area (Å²) < 4.78 is 10.9. The van der Waals surface area contributed by atoms with Crippen molar-refractivity contribution in [3.8, 4) is 5.75 Å². The molecule has 120 valence electrons. The minimum absolute atomic E-state index is 0.0791. The van der Waals surface area contributed by atoms with Crippen LogP contribution in [0.5, 0.6) is 5.75 Å². The average Bonchev–Trinajstić information content (AvgIpc) is 2.63. The molecule has 3 rings (SSSR count). The molecule has 0 saturated carbocycles. The van der Waals surface area contributed by atoms with Crippen LogP contribution in [0.1, 0.15) is 17.4 Å². The van der Waals surface area contributed by atoms with Crippen molar-refractivity contribution in [2.24, 2.45) is 0 Å². The number of benzene rings is 1. The number of hydrogen-bond donors (Lipinski definition) is 0. The highest BCUT2D eigenvalue weighted by Crippen LogP contribution is 2.21. The number of nitrogens with zero attached hydrogens (tertiary/aromatic N) is 3. The molecule has 0 aliphatic carbocycles. The summed E-state index contributed by atoms with van der Waals surface area (Å²) in [5.74, 6) is 0.838. The molecule has 1 aliphatic heterocycles. The van der Waals surface area contributed by atoms with Gasteiger partial charge in [0.1, 0.15) is 11.9 Å². The fraction of sp³-hybridized carbons (Fsp3) is 0.353. The molecule has 1 fully saturated rings. The van der Waals surface area contributed by atoms with Crippen molar-refractivity contribution in [1.82, 2.24) is 14.9 Å². The third-order valence-electron chi connectivity index (χ3n) is 3.82. The molecule has 6 nitrogen and oxygen atoms in total. The van der Waals surface area contributed by atoms with Gasteiger partial charge in [-0.25, -0.2) is 0 Å². The Morgan fingerprint density at radius 3 is 3.13 bits per heavy atom. The van der Waals surface area contributed by atoms with Crippen LogP contribution in [-0.4, -0.2) is 47.6 Å². The molecule has 0 spiro atoms. The van der Waals surface area contributed by atoms with E-state index in [0.717, 1.165) is 17.0 Å². The SMILES string of the molecule is COc1cccc(CC(=O)N2CCO[C@@H](c3cnccn3)C2)c1. The van der Waals surface area contributed by atoms with Gasteiger partial charge in [-0.2, -0.15) is 0 Å². The molecular formula is C17H19N3O3. The molecule has 0 unspecified atom stereocenters. The molecule has 1 aromatic carbocycles. The van der Waals surface area contributed by atoms with Crippen LogP contribution in [0.25, 0.3) is 0 Å². The van der Waals surface area contributed by atoms with E-state index >= 15 is 0 Å². The normalized spacial score (nSPS) is 17.8.